The summed E-state index contributed by atoms with van der Waals surface area (Å²) in [5.74, 6) is -1.86. The summed E-state index contributed by atoms with van der Waals surface area (Å²) in [6.45, 7) is 0.137. The number of aliphatic carboxylic acids is 1. The molecule has 1 rings (SSSR count). The lowest BCUT2D eigenvalue weighted by molar-refractivity contribution is -0.139. The lowest BCUT2D eigenvalue weighted by Gasteiger charge is -2.13. The van der Waals surface area contributed by atoms with Crippen LogP contribution in [0.25, 0.3) is 0 Å². The molecule has 4 N–H and O–H groups in total. The number of carbonyl (C=O) groups excluding carboxylic acids is 2. The Kier molecular flexibility index (Phi) is 6.73. The van der Waals surface area contributed by atoms with Gasteiger partial charge in [-0.05, 0) is 12.0 Å². The Morgan fingerprint density at radius 1 is 1.24 bits per heavy atom. The van der Waals surface area contributed by atoms with E-state index in [1.165, 1.54) is 0 Å². The topological polar surface area (TPSA) is 119 Å². The Labute approximate surface area is 122 Å². The van der Waals surface area contributed by atoms with Crippen molar-refractivity contribution in [2.24, 2.45) is 5.73 Å². The molecule has 7 nitrogen and oxygen atoms in total. The van der Waals surface area contributed by atoms with Crippen LogP contribution in [0.5, 0.6) is 0 Å². The first-order valence-electron chi connectivity index (χ1n) is 6.47. The molecule has 7 heteroatoms. The third-order valence-corrected chi connectivity index (χ3v) is 2.74. The quantitative estimate of drug-likeness (QED) is 0.651. The number of hydrogen-bond donors (Lipinski definition) is 3. The van der Waals surface area contributed by atoms with Crippen molar-refractivity contribution in [3.8, 4) is 0 Å². The van der Waals surface area contributed by atoms with Crippen LogP contribution in [0.2, 0.25) is 0 Å². The number of alkyl carbamates (subject to hydrolysis) is 1. The van der Waals surface area contributed by atoms with Gasteiger partial charge in [-0.2, -0.15) is 0 Å². The monoisotopic (exact) mass is 294 g/mol. The molecular formula is C14H18N2O5. The molecule has 0 heterocycles. The van der Waals surface area contributed by atoms with Gasteiger partial charge in [-0.1, -0.05) is 30.3 Å². The van der Waals surface area contributed by atoms with E-state index >= 15 is 0 Å². The van der Waals surface area contributed by atoms with Gasteiger partial charge < -0.3 is 20.9 Å². The summed E-state index contributed by atoms with van der Waals surface area (Å²) in [7, 11) is 0. The molecule has 1 aromatic carbocycles. The van der Waals surface area contributed by atoms with Gasteiger partial charge in [0.15, 0.2) is 0 Å². The molecule has 0 aliphatic rings. The lowest BCUT2D eigenvalue weighted by atomic mass is 10.1. The van der Waals surface area contributed by atoms with E-state index in [1.54, 1.807) is 0 Å². The molecule has 0 saturated carbocycles. The molecule has 21 heavy (non-hydrogen) atoms. The van der Waals surface area contributed by atoms with E-state index in [9.17, 15) is 14.4 Å². The van der Waals surface area contributed by atoms with Crippen molar-refractivity contribution in [2.45, 2.75) is 25.3 Å². The zero-order valence-electron chi connectivity index (χ0n) is 11.5. The highest BCUT2D eigenvalue weighted by molar-refractivity contribution is 5.81. The second-order valence-electron chi connectivity index (χ2n) is 4.41. The van der Waals surface area contributed by atoms with Gasteiger partial charge in [0.2, 0.25) is 5.91 Å². The summed E-state index contributed by atoms with van der Waals surface area (Å²) in [6.07, 6.45) is -0.490. The van der Waals surface area contributed by atoms with Gasteiger partial charge >= 0.3 is 12.1 Å². The zero-order valence-corrected chi connectivity index (χ0v) is 11.5. The fraction of sp³-hybridized carbons (Fsp3) is 0.357. The highest BCUT2D eigenvalue weighted by Crippen LogP contribution is 2.01. The minimum atomic E-state index is -1.24. The fourth-order valence-corrected chi connectivity index (χ4v) is 1.63. The van der Waals surface area contributed by atoms with E-state index in [-0.39, 0.29) is 19.4 Å². The standard InChI is InChI=1S/C14H18N2O5/c15-12(17)7-6-11(13(18)19)16-14(20)21-9-8-10-4-2-1-3-5-10/h1-5,11H,6-9H2,(H2,15,17)(H,16,20)(H,18,19)/t11-/m0/s1. The summed E-state index contributed by atoms with van der Waals surface area (Å²) in [4.78, 5) is 33.0. The van der Waals surface area contributed by atoms with E-state index in [1.807, 2.05) is 30.3 Å². The summed E-state index contributed by atoms with van der Waals surface area (Å²) in [5, 5.41) is 11.1. The number of benzene rings is 1. The van der Waals surface area contributed by atoms with Crippen LogP contribution in [0.15, 0.2) is 30.3 Å². The second-order valence-corrected chi connectivity index (χ2v) is 4.41. The SMILES string of the molecule is NC(=O)CC[C@H](NC(=O)OCCc1ccccc1)C(=O)O. The Bertz CT molecular complexity index is 489. The predicted octanol–water partition coefficient (Wildman–Crippen LogP) is 0.674. The van der Waals surface area contributed by atoms with E-state index in [4.69, 9.17) is 15.6 Å². The Hall–Kier alpha value is -2.57. The summed E-state index contributed by atoms with van der Waals surface area (Å²) in [5.41, 5.74) is 5.95. The maximum absolute atomic E-state index is 11.5. The third kappa shape index (κ3) is 6.95. The Morgan fingerprint density at radius 3 is 2.48 bits per heavy atom. The highest BCUT2D eigenvalue weighted by Gasteiger charge is 2.21. The van der Waals surface area contributed by atoms with E-state index in [2.05, 4.69) is 5.32 Å². The van der Waals surface area contributed by atoms with Gasteiger partial charge in [0, 0.05) is 12.8 Å². The van der Waals surface area contributed by atoms with Crippen LogP contribution >= 0.6 is 0 Å². The number of primary amides is 1. The first kappa shape index (κ1) is 16.5. The minimum absolute atomic E-state index is 0.0710. The molecule has 0 aliphatic carbocycles. The molecule has 1 aromatic rings. The number of amides is 2. The van der Waals surface area contributed by atoms with Crippen LogP contribution in [-0.2, 0) is 20.7 Å². The van der Waals surface area contributed by atoms with Crippen LogP contribution in [0, 0.1) is 0 Å². The van der Waals surface area contributed by atoms with Crippen molar-refractivity contribution in [1.82, 2.24) is 5.32 Å². The van der Waals surface area contributed by atoms with Gasteiger partial charge in [0.1, 0.15) is 6.04 Å². The number of carboxylic acid groups (broad SMARTS) is 1. The average molecular weight is 294 g/mol. The number of ether oxygens (including phenoxy) is 1. The number of nitrogens with one attached hydrogen (secondary N) is 1. The second kappa shape index (κ2) is 8.57. The zero-order chi connectivity index (χ0) is 15.7. The van der Waals surface area contributed by atoms with Crippen LogP contribution in [0.3, 0.4) is 0 Å². The first-order chi connectivity index (χ1) is 9.99. The smallest absolute Gasteiger partial charge is 0.407 e. The van der Waals surface area contributed by atoms with Crippen molar-refractivity contribution in [3.63, 3.8) is 0 Å². The number of carboxylic acids is 1. The van der Waals surface area contributed by atoms with Crippen LogP contribution in [0.4, 0.5) is 4.79 Å². The Balaban J connectivity index is 2.33. The van der Waals surface area contributed by atoms with Crippen molar-refractivity contribution >= 4 is 18.0 Å². The van der Waals surface area contributed by atoms with Gasteiger partial charge in [-0.15, -0.1) is 0 Å². The van der Waals surface area contributed by atoms with Crippen LogP contribution in [0.1, 0.15) is 18.4 Å². The van der Waals surface area contributed by atoms with Crippen molar-refractivity contribution in [2.75, 3.05) is 6.61 Å². The van der Waals surface area contributed by atoms with Crippen molar-refractivity contribution in [1.29, 1.82) is 0 Å². The number of rotatable bonds is 8. The maximum Gasteiger partial charge on any atom is 0.407 e. The summed E-state index contributed by atoms with van der Waals surface area (Å²) in [6, 6.07) is 8.23. The molecule has 0 aliphatic heterocycles. The van der Waals surface area contributed by atoms with Crippen LogP contribution in [-0.4, -0.2) is 35.7 Å². The van der Waals surface area contributed by atoms with Gasteiger partial charge in [0.25, 0.3) is 0 Å². The molecule has 0 aromatic heterocycles. The van der Waals surface area contributed by atoms with E-state index < -0.39 is 24.0 Å². The number of carbonyl (C=O) groups is 3. The molecule has 0 fully saturated rings. The van der Waals surface area contributed by atoms with Crippen LogP contribution < -0.4 is 11.1 Å². The molecule has 114 valence electrons. The molecule has 0 bridgehead atoms. The molecule has 0 radical (unpaired) electrons. The van der Waals surface area contributed by atoms with Crippen molar-refractivity contribution < 1.29 is 24.2 Å². The van der Waals surface area contributed by atoms with E-state index in [0.29, 0.717) is 6.42 Å². The normalized spacial score (nSPS) is 11.4. The van der Waals surface area contributed by atoms with Crippen molar-refractivity contribution in [3.05, 3.63) is 35.9 Å². The first-order valence-corrected chi connectivity index (χ1v) is 6.47. The van der Waals surface area contributed by atoms with Gasteiger partial charge in [-0.25, -0.2) is 9.59 Å². The molecule has 2 amide bonds. The number of hydrogen-bond acceptors (Lipinski definition) is 4. The molecule has 0 saturated heterocycles. The Morgan fingerprint density at radius 2 is 1.90 bits per heavy atom. The predicted molar refractivity (Wildman–Crippen MR) is 74.5 cm³/mol. The molecule has 0 spiro atoms. The lowest BCUT2D eigenvalue weighted by Crippen LogP contribution is -2.41. The minimum Gasteiger partial charge on any atom is -0.480 e. The van der Waals surface area contributed by atoms with E-state index in [0.717, 1.165) is 5.56 Å². The summed E-state index contributed by atoms with van der Waals surface area (Å²) < 4.78 is 4.90. The molecule has 0 unspecified atom stereocenters. The highest BCUT2D eigenvalue weighted by atomic mass is 16.5. The average Bonchev–Trinajstić information content (AvgIpc) is 2.44. The molecular weight excluding hydrogens is 276 g/mol. The number of nitrogens with two attached hydrogens (primary N) is 1. The summed E-state index contributed by atoms with van der Waals surface area (Å²) >= 11 is 0. The maximum atomic E-state index is 11.5. The third-order valence-electron chi connectivity index (χ3n) is 2.74. The largest absolute Gasteiger partial charge is 0.480 e. The fourth-order valence-electron chi connectivity index (χ4n) is 1.63. The molecule has 1 atom stereocenters. The van der Waals surface area contributed by atoms with Gasteiger partial charge in [-0.3, -0.25) is 4.79 Å². The van der Waals surface area contributed by atoms with Gasteiger partial charge in [0.05, 0.1) is 6.61 Å².